The quantitative estimate of drug-likeness (QED) is 0.244. The van der Waals surface area contributed by atoms with Crippen LogP contribution in [0.25, 0.3) is 0 Å². The fourth-order valence-electron chi connectivity index (χ4n) is 2.74. The highest BCUT2D eigenvalue weighted by Crippen LogP contribution is 2.41. The van der Waals surface area contributed by atoms with E-state index in [-0.39, 0.29) is 29.0 Å². The molecule has 2 amide bonds. The Labute approximate surface area is 195 Å². The normalized spacial score (nSPS) is 21.0. The third-order valence-electron chi connectivity index (χ3n) is 3.92. The summed E-state index contributed by atoms with van der Waals surface area (Å²) in [5, 5.41) is 15.5. The van der Waals surface area contributed by atoms with Crippen molar-refractivity contribution in [2.75, 3.05) is 18.1 Å². The van der Waals surface area contributed by atoms with E-state index in [1.807, 2.05) is 0 Å². The second-order valence-corrected chi connectivity index (χ2v) is 10.4. The minimum atomic E-state index is -1.23. The van der Waals surface area contributed by atoms with Crippen LogP contribution in [0.4, 0.5) is 5.13 Å². The number of nitrogen functional groups attached to an aromatic ring is 1. The SMILES string of the molecule is CCO/N=C(/C(=O)NC1C(=O)N2C(C(=O)O)=C(C=C(Br)Br)CSC12)c1nsc(N)n1. The topological polar surface area (TPSA) is 160 Å². The van der Waals surface area contributed by atoms with Gasteiger partial charge < -0.3 is 21.0 Å². The highest BCUT2D eigenvalue weighted by Gasteiger charge is 2.54. The van der Waals surface area contributed by atoms with E-state index in [0.29, 0.717) is 14.7 Å². The summed E-state index contributed by atoms with van der Waals surface area (Å²) < 4.78 is 4.50. The van der Waals surface area contributed by atoms with E-state index in [1.165, 1.54) is 11.8 Å². The van der Waals surface area contributed by atoms with Gasteiger partial charge in [-0.15, -0.1) is 11.8 Å². The number of nitrogens with two attached hydrogens (primary N) is 1. The number of fused-ring (bicyclic) bond motifs is 1. The number of carboxylic acid groups (broad SMARTS) is 1. The maximum Gasteiger partial charge on any atom is 0.352 e. The van der Waals surface area contributed by atoms with Crippen LogP contribution in [-0.2, 0) is 19.2 Å². The minimum absolute atomic E-state index is 0.0240. The number of carbonyl (C=O) groups excluding carboxylic acids is 2. The molecule has 30 heavy (non-hydrogen) atoms. The molecule has 1 aromatic heterocycles. The van der Waals surface area contributed by atoms with Gasteiger partial charge >= 0.3 is 5.97 Å². The number of nitrogens with one attached hydrogen (secondary N) is 1. The summed E-state index contributed by atoms with van der Waals surface area (Å²) in [7, 11) is 0. The Hall–Kier alpha value is -1.97. The van der Waals surface area contributed by atoms with Gasteiger partial charge in [-0.1, -0.05) is 5.16 Å². The summed E-state index contributed by atoms with van der Waals surface area (Å²) in [5.41, 5.74) is 5.68. The fourth-order valence-corrected chi connectivity index (χ4v) is 5.03. The number of β-lactam (4-membered cyclic amide) rings is 1. The number of hydrogen-bond donors (Lipinski definition) is 3. The van der Waals surface area contributed by atoms with Gasteiger partial charge in [-0.25, -0.2) is 4.79 Å². The maximum absolute atomic E-state index is 12.7. The number of aromatic nitrogens is 2. The number of allylic oxidation sites excluding steroid dienone is 1. The molecule has 0 aliphatic carbocycles. The van der Waals surface area contributed by atoms with Crippen molar-refractivity contribution in [1.29, 1.82) is 0 Å². The lowest BCUT2D eigenvalue weighted by Crippen LogP contribution is -2.71. The van der Waals surface area contributed by atoms with E-state index in [2.05, 4.69) is 51.7 Å². The molecule has 0 saturated carbocycles. The van der Waals surface area contributed by atoms with Crippen LogP contribution in [0, 0.1) is 0 Å². The Balaban J connectivity index is 1.82. The second-order valence-electron chi connectivity index (χ2n) is 5.79. The smallest absolute Gasteiger partial charge is 0.352 e. The van der Waals surface area contributed by atoms with Crippen LogP contribution in [0.3, 0.4) is 0 Å². The molecule has 11 nitrogen and oxygen atoms in total. The molecule has 0 radical (unpaired) electrons. The molecule has 160 valence electrons. The van der Waals surface area contributed by atoms with Crippen LogP contribution < -0.4 is 11.1 Å². The van der Waals surface area contributed by atoms with Gasteiger partial charge in [0.05, 0.1) is 3.39 Å². The summed E-state index contributed by atoms with van der Waals surface area (Å²) in [5.74, 6) is -2.19. The first-order valence-corrected chi connectivity index (χ1v) is 11.7. The third-order valence-corrected chi connectivity index (χ3v) is 6.23. The molecule has 3 rings (SSSR count). The van der Waals surface area contributed by atoms with Gasteiger partial charge in [-0.05, 0) is 50.4 Å². The van der Waals surface area contributed by atoms with E-state index in [1.54, 1.807) is 13.0 Å². The summed E-state index contributed by atoms with van der Waals surface area (Å²) in [4.78, 5) is 47.2. The van der Waals surface area contributed by atoms with Gasteiger partial charge in [0.1, 0.15) is 23.7 Å². The van der Waals surface area contributed by atoms with Crippen LogP contribution in [0.5, 0.6) is 0 Å². The Kier molecular flexibility index (Phi) is 7.15. The summed E-state index contributed by atoms with van der Waals surface area (Å²) in [6.07, 6.45) is 1.58. The first-order valence-electron chi connectivity index (χ1n) is 8.28. The Morgan fingerprint density at radius 3 is 2.80 bits per heavy atom. The average Bonchev–Trinajstić information content (AvgIpc) is 3.11. The molecule has 1 saturated heterocycles. The number of aliphatic carboxylic acids is 1. The minimum Gasteiger partial charge on any atom is -0.477 e. The van der Waals surface area contributed by atoms with E-state index >= 15 is 0 Å². The third kappa shape index (κ3) is 4.53. The first-order chi connectivity index (χ1) is 14.2. The van der Waals surface area contributed by atoms with Crippen LogP contribution in [0.1, 0.15) is 12.7 Å². The fraction of sp³-hybridized carbons (Fsp3) is 0.333. The number of amides is 2. The summed E-state index contributed by atoms with van der Waals surface area (Å²) in [6, 6.07) is -0.933. The highest BCUT2D eigenvalue weighted by molar-refractivity contribution is 9.28. The number of anilines is 1. The number of nitrogens with zero attached hydrogens (tertiary/aromatic N) is 4. The van der Waals surface area contributed by atoms with E-state index in [0.717, 1.165) is 16.4 Å². The van der Waals surface area contributed by atoms with Crippen LogP contribution in [0.2, 0.25) is 0 Å². The molecule has 0 bridgehead atoms. The predicted molar refractivity (Wildman–Crippen MR) is 118 cm³/mol. The molecule has 0 aromatic carbocycles. The lowest BCUT2D eigenvalue weighted by Gasteiger charge is -2.49. The van der Waals surface area contributed by atoms with Crippen molar-refractivity contribution < 1.29 is 24.3 Å². The Bertz CT molecular complexity index is 990. The lowest BCUT2D eigenvalue weighted by molar-refractivity contribution is -0.150. The summed E-state index contributed by atoms with van der Waals surface area (Å²) >= 11 is 8.61. The molecule has 1 aromatic rings. The van der Waals surface area contributed by atoms with Crippen molar-refractivity contribution in [2.45, 2.75) is 18.3 Å². The van der Waals surface area contributed by atoms with Crippen molar-refractivity contribution in [2.24, 2.45) is 5.16 Å². The maximum atomic E-state index is 12.7. The van der Waals surface area contributed by atoms with Gasteiger partial charge in [-0.2, -0.15) is 9.36 Å². The second kappa shape index (κ2) is 9.45. The predicted octanol–water partition coefficient (Wildman–Crippen LogP) is 1.23. The number of rotatable bonds is 7. The van der Waals surface area contributed by atoms with Crippen LogP contribution >= 0.6 is 55.2 Å². The molecule has 3 heterocycles. The van der Waals surface area contributed by atoms with Gasteiger partial charge in [0.25, 0.3) is 11.8 Å². The average molecular weight is 582 g/mol. The van der Waals surface area contributed by atoms with Crippen LogP contribution in [-0.4, -0.2) is 66.6 Å². The molecule has 15 heteroatoms. The zero-order valence-corrected chi connectivity index (χ0v) is 20.0. The Morgan fingerprint density at radius 2 is 2.23 bits per heavy atom. The molecule has 2 aliphatic rings. The van der Waals surface area contributed by atoms with Crippen molar-refractivity contribution in [1.82, 2.24) is 19.6 Å². The zero-order chi connectivity index (χ0) is 22.0. The highest BCUT2D eigenvalue weighted by atomic mass is 79.9. The van der Waals surface area contributed by atoms with E-state index in [4.69, 9.17) is 10.6 Å². The zero-order valence-electron chi connectivity index (χ0n) is 15.2. The van der Waals surface area contributed by atoms with Gasteiger partial charge in [0.2, 0.25) is 11.5 Å². The monoisotopic (exact) mass is 580 g/mol. The van der Waals surface area contributed by atoms with Crippen molar-refractivity contribution in [3.05, 3.63) is 26.6 Å². The number of thioether (sulfide) groups is 1. The molecule has 2 atom stereocenters. The standard InChI is InChI=1S/C15H14Br2N6O5S2/c1-2-28-21-7(10-20-15(18)30-22-10)11(24)19-8-12(25)23-9(14(26)27)5(3-6(16)17)4-29-13(8)23/h3,8,13H,2,4H2,1H3,(H,19,24)(H,26,27)(H2,18,20,22)/b21-7+. The molecule has 1 fully saturated rings. The first kappa shape index (κ1) is 22.7. The molecular weight excluding hydrogens is 568 g/mol. The van der Waals surface area contributed by atoms with E-state index < -0.39 is 29.2 Å². The number of carboxylic acids is 1. The van der Waals surface area contributed by atoms with Gasteiger partial charge in [0.15, 0.2) is 5.13 Å². The molecule has 2 unspecified atom stereocenters. The Morgan fingerprint density at radius 1 is 1.50 bits per heavy atom. The molecule has 2 aliphatic heterocycles. The van der Waals surface area contributed by atoms with E-state index in [9.17, 15) is 19.5 Å². The van der Waals surface area contributed by atoms with Crippen LogP contribution in [0.15, 0.2) is 25.9 Å². The lowest BCUT2D eigenvalue weighted by atomic mass is 10.0. The summed E-state index contributed by atoms with van der Waals surface area (Å²) in [6.45, 7) is 1.89. The number of oxime groups is 1. The molecule has 0 spiro atoms. The number of carbonyl (C=O) groups is 3. The van der Waals surface area contributed by atoms with Gasteiger partial charge in [-0.3, -0.25) is 14.5 Å². The molecule has 4 N–H and O–H groups in total. The van der Waals surface area contributed by atoms with Gasteiger partial charge in [0, 0.05) is 17.3 Å². The number of halogens is 2. The van der Waals surface area contributed by atoms with Crippen molar-refractivity contribution in [3.8, 4) is 0 Å². The molecular formula is C15H14Br2N6O5S2. The largest absolute Gasteiger partial charge is 0.477 e. The van der Waals surface area contributed by atoms with Crippen molar-refractivity contribution in [3.63, 3.8) is 0 Å². The number of hydrogen-bond acceptors (Lipinski definition) is 10. The van der Waals surface area contributed by atoms with Crippen molar-refractivity contribution >= 4 is 83.8 Å².